The second-order valence-corrected chi connectivity index (χ2v) is 10.0. The second kappa shape index (κ2) is 10.8. The van der Waals surface area contributed by atoms with Gasteiger partial charge in [-0.25, -0.2) is 13.8 Å². The third-order valence-corrected chi connectivity index (χ3v) is 7.64. The number of aromatic amines is 2. The number of hydrogen-bond donors (Lipinski definition) is 2. The first kappa shape index (κ1) is 25.7. The summed E-state index contributed by atoms with van der Waals surface area (Å²) in [7, 11) is 0. The molecule has 2 heterocycles. The number of nitrogens with one attached hydrogen (secondary N) is 2. The zero-order valence-corrected chi connectivity index (χ0v) is 22.2. The Bertz CT molecular complexity index is 1610. The second-order valence-electron chi connectivity index (χ2n) is 10.0. The molecule has 0 saturated heterocycles. The molecule has 1 atom stereocenters. The quantitative estimate of drug-likeness (QED) is 0.192. The van der Waals surface area contributed by atoms with Gasteiger partial charge in [-0.1, -0.05) is 44.2 Å². The predicted molar refractivity (Wildman–Crippen MR) is 152 cm³/mol. The topological polar surface area (TPSA) is 44.5 Å². The molecular weight excluding hydrogens is 476 g/mol. The molecule has 0 aliphatic carbocycles. The van der Waals surface area contributed by atoms with E-state index in [0.29, 0.717) is 29.8 Å². The summed E-state index contributed by atoms with van der Waals surface area (Å²) < 4.78 is 30.4. The Hall–Kier alpha value is -3.99. The van der Waals surface area contributed by atoms with Crippen molar-refractivity contribution in [3.63, 3.8) is 0 Å². The van der Waals surface area contributed by atoms with E-state index in [1.165, 1.54) is 11.1 Å². The molecule has 0 aliphatic heterocycles. The van der Waals surface area contributed by atoms with Crippen LogP contribution >= 0.6 is 0 Å². The molecule has 0 saturated carbocycles. The molecule has 194 valence electrons. The van der Waals surface area contributed by atoms with Crippen molar-refractivity contribution in [2.75, 3.05) is 0 Å². The van der Waals surface area contributed by atoms with Crippen molar-refractivity contribution in [3.8, 4) is 11.4 Å². The Labute approximate surface area is 222 Å². The van der Waals surface area contributed by atoms with Gasteiger partial charge in [-0.15, -0.1) is 6.58 Å². The summed E-state index contributed by atoms with van der Waals surface area (Å²) in [5, 5.41) is 1.00. The van der Waals surface area contributed by atoms with Gasteiger partial charge in [0.05, 0.1) is 5.56 Å². The Balaban J connectivity index is 1.48. The third kappa shape index (κ3) is 4.93. The SMILES string of the molecule is C=CCCc1cccc(C(C)c2cnc(-c3cc(Cc4c(F)cc5[nH]ccc5c4C)c(CC)cc3F)[nH]2)c1. The van der Waals surface area contributed by atoms with Crippen LogP contribution in [0.1, 0.15) is 65.3 Å². The van der Waals surface area contributed by atoms with Gasteiger partial charge in [-0.2, -0.15) is 0 Å². The van der Waals surface area contributed by atoms with Crippen LogP contribution in [-0.4, -0.2) is 15.0 Å². The van der Waals surface area contributed by atoms with Crippen LogP contribution in [0.15, 0.2) is 73.6 Å². The van der Waals surface area contributed by atoms with E-state index in [1.807, 2.05) is 38.3 Å². The molecule has 5 heteroatoms. The molecule has 3 nitrogen and oxygen atoms in total. The maximum Gasteiger partial charge on any atom is 0.140 e. The van der Waals surface area contributed by atoms with Crippen molar-refractivity contribution in [3.05, 3.63) is 124 Å². The Morgan fingerprint density at radius 3 is 2.68 bits per heavy atom. The minimum absolute atomic E-state index is 0.0715. The zero-order valence-electron chi connectivity index (χ0n) is 22.2. The number of rotatable bonds is 9. The van der Waals surface area contributed by atoms with E-state index < -0.39 is 0 Å². The van der Waals surface area contributed by atoms with Crippen LogP contribution in [0, 0.1) is 18.6 Å². The average molecular weight is 510 g/mol. The van der Waals surface area contributed by atoms with Crippen molar-refractivity contribution in [2.45, 2.75) is 52.4 Å². The molecule has 2 aromatic heterocycles. The molecule has 1 unspecified atom stereocenters. The molecule has 0 aliphatic rings. The fraction of sp³-hybridized carbons (Fsp3) is 0.242. The Kier molecular flexibility index (Phi) is 7.28. The summed E-state index contributed by atoms with van der Waals surface area (Å²) >= 11 is 0. The highest BCUT2D eigenvalue weighted by atomic mass is 19.1. The van der Waals surface area contributed by atoms with Crippen molar-refractivity contribution < 1.29 is 8.78 Å². The van der Waals surface area contributed by atoms with Gasteiger partial charge in [-0.3, -0.25) is 0 Å². The molecule has 2 N–H and O–H groups in total. The molecule has 0 fully saturated rings. The molecule has 0 spiro atoms. The van der Waals surface area contributed by atoms with Crippen molar-refractivity contribution in [2.24, 2.45) is 0 Å². The smallest absolute Gasteiger partial charge is 0.140 e. The highest BCUT2D eigenvalue weighted by molar-refractivity contribution is 5.84. The number of nitrogens with zero attached hydrogens (tertiary/aromatic N) is 1. The number of fused-ring (bicyclic) bond motifs is 1. The molecule has 5 rings (SSSR count). The summed E-state index contributed by atoms with van der Waals surface area (Å²) in [4.78, 5) is 11.0. The van der Waals surface area contributed by atoms with E-state index in [9.17, 15) is 0 Å². The number of aryl methyl sites for hydroxylation is 3. The Morgan fingerprint density at radius 2 is 1.89 bits per heavy atom. The number of aromatic nitrogens is 3. The van der Waals surface area contributed by atoms with Crippen LogP contribution in [0.2, 0.25) is 0 Å². The normalized spacial score (nSPS) is 12.2. The number of benzene rings is 3. The summed E-state index contributed by atoms with van der Waals surface area (Å²) in [6.45, 7) is 9.87. The van der Waals surface area contributed by atoms with Crippen LogP contribution in [-0.2, 0) is 19.3 Å². The summed E-state index contributed by atoms with van der Waals surface area (Å²) in [6, 6.07) is 15.4. The van der Waals surface area contributed by atoms with E-state index in [-0.39, 0.29) is 17.6 Å². The van der Waals surface area contributed by atoms with Crippen molar-refractivity contribution in [1.29, 1.82) is 0 Å². The van der Waals surface area contributed by atoms with Crippen LogP contribution in [0.5, 0.6) is 0 Å². The number of allylic oxidation sites excluding steroid dienone is 1. The molecule has 38 heavy (non-hydrogen) atoms. The standard InChI is InChI=1S/C33H33F2N3/c1-5-7-9-22-10-8-11-24(14-22)20(3)32-19-37-33(38-32)28-16-25(23(6-2)17-29(28)34)15-27-21(4)26-12-13-36-31(26)18-30(27)35/h5,8,10-14,16-20,36H,1,6-7,9,15H2,2-4H3,(H,37,38). The highest BCUT2D eigenvalue weighted by Crippen LogP contribution is 2.32. The maximum absolute atomic E-state index is 15.3. The van der Waals surface area contributed by atoms with Crippen molar-refractivity contribution >= 4 is 10.9 Å². The third-order valence-electron chi connectivity index (χ3n) is 7.64. The summed E-state index contributed by atoms with van der Waals surface area (Å²) in [5.41, 5.74) is 7.85. The highest BCUT2D eigenvalue weighted by Gasteiger charge is 2.19. The molecule has 5 aromatic rings. The van der Waals surface area contributed by atoms with Gasteiger partial charge in [0.1, 0.15) is 17.5 Å². The first-order valence-corrected chi connectivity index (χ1v) is 13.2. The van der Waals surface area contributed by atoms with Gasteiger partial charge < -0.3 is 9.97 Å². The van der Waals surface area contributed by atoms with E-state index in [1.54, 1.807) is 18.3 Å². The van der Waals surface area contributed by atoms with Gasteiger partial charge in [-0.05, 0) is 83.8 Å². The number of imidazole rings is 1. The summed E-state index contributed by atoms with van der Waals surface area (Å²) in [6.07, 6.45) is 8.46. The van der Waals surface area contributed by atoms with E-state index in [2.05, 4.69) is 52.7 Å². The minimum atomic E-state index is -0.330. The first-order valence-electron chi connectivity index (χ1n) is 13.2. The van der Waals surface area contributed by atoms with Gasteiger partial charge in [0.2, 0.25) is 0 Å². The lowest BCUT2D eigenvalue weighted by atomic mass is 9.92. The Morgan fingerprint density at radius 1 is 1.05 bits per heavy atom. The molecule has 0 radical (unpaired) electrons. The molecule has 0 bridgehead atoms. The molecule has 0 amide bonds. The number of H-pyrrole nitrogens is 2. The maximum atomic E-state index is 15.3. The largest absolute Gasteiger partial charge is 0.361 e. The lowest BCUT2D eigenvalue weighted by Crippen LogP contribution is -2.03. The zero-order chi connectivity index (χ0) is 26.8. The first-order chi connectivity index (χ1) is 18.4. The molecular formula is C33H33F2N3. The van der Waals surface area contributed by atoms with Gasteiger partial charge in [0.25, 0.3) is 0 Å². The van der Waals surface area contributed by atoms with Gasteiger partial charge >= 0.3 is 0 Å². The fourth-order valence-electron chi connectivity index (χ4n) is 5.28. The monoisotopic (exact) mass is 509 g/mol. The molecule has 3 aromatic carbocycles. The number of halogens is 2. The summed E-state index contributed by atoms with van der Waals surface area (Å²) in [5.74, 6) is -0.0322. The van der Waals surface area contributed by atoms with Crippen molar-refractivity contribution in [1.82, 2.24) is 15.0 Å². The van der Waals surface area contributed by atoms with Crippen LogP contribution < -0.4 is 0 Å². The number of hydrogen-bond acceptors (Lipinski definition) is 1. The van der Waals surface area contributed by atoms with E-state index in [0.717, 1.165) is 46.1 Å². The lowest BCUT2D eigenvalue weighted by molar-refractivity contribution is 0.613. The lowest BCUT2D eigenvalue weighted by Gasteiger charge is -2.14. The van der Waals surface area contributed by atoms with Crippen LogP contribution in [0.4, 0.5) is 8.78 Å². The van der Waals surface area contributed by atoms with Crippen LogP contribution in [0.3, 0.4) is 0 Å². The van der Waals surface area contributed by atoms with Gasteiger partial charge in [0.15, 0.2) is 0 Å². The van der Waals surface area contributed by atoms with E-state index in [4.69, 9.17) is 0 Å². The van der Waals surface area contributed by atoms with E-state index >= 15 is 8.78 Å². The minimum Gasteiger partial charge on any atom is -0.361 e. The van der Waals surface area contributed by atoms with Crippen LogP contribution in [0.25, 0.3) is 22.3 Å². The average Bonchev–Trinajstić information content (AvgIpc) is 3.60. The predicted octanol–water partition coefficient (Wildman–Crippen LogP) is 8.57. The van der Waals surface area contributed by atoms with Gasteiger partial charge in [0, 0.05) is 41.3 Å². The fourth-order valence-corrected chi connectivity index (χ4v) is 5.28.